The molecular weight excluding hydrogens is 364 g/mol. The fourth-order valence-corrected chi connectivity index (χ4v) is 2.93. The first-order valence-electron chi connectivity index (χ1n) is 6.58. The van der Waals surface area contributed by atoms with E-state index >= 15 is 0 Å². The van der Waals surface area contributed by atoms with Gasteiger partial charge in [0.05, 0.1) is 23.0 Å². The van der Waals surface area contributed by atoms with Crippen LogP contribution in [0.1, 0.15) is 31.1 Å². The molecule has 0 radical (unpaired) electrons. The lowest BCUT2D eigenvalue weighted by molar-refractivity contribution is 0.483. The zero-order chi connectivity index (χ0) is 15.6. The summed E-state index contributed by atoms with van der Waals surface area (Å²) in [5.41, 5.74) is 0.498. The van der Waals surface area contributed by atoms with Crippen molar-refractivity contribution in [1.82, 2.24) is 15.1 Å². The Labute approximate surface area is 135 Å². The largest absolute Gasteiger partial charge is 0.305 e. The molecule has 0 aliphatic rings. The summed E-state index contributed by atoms with van der Waals surface area (Å²) < 4.78 is 30.5. The number of halogens is 4. The summed E-state index contributed by atoms with van der Waals surface area (Å²) in [6, 6.07) is 1.78. The highest BCUT2D eigenvalue weighted by atomic mass is 79.9. The summed E-state index contributed by atoms with van der Waals surface area (Å²) in [7, 11) is 0. The zero-order valence-electron chi connectivity index (χ0n) is 11.6. The van der Waals surface area contributed by atoms with Gasteiger partial charge in [-0.3, -0.25) is 4.68 Å². The van der Waals surface area contributed by atoms with Crippen molar-refractivity contribution in [1.29, 1.82) is 0 Å². The van der Waals surface area contributed by atoms with Gasteiger partial charge in [0.15, 0.2) is 0 Å². The van der Waals surface area contributed by atoms with E-state index < -0.39 is 17.7 Å². The molecule has 3 nitrogen and oxygen atoms in total. The highest BCUT2D eigenvalue weighted by molar-refractivity contribution is 9.10. The van der Waals surface area contributed by atoms with Gasteiger partial charge in [0.2, 0.25) is 0 Å². The first-order valence-corrected chi connectivity index (χ1v) is 7.75. The van der Waals surface area contributed by atoms with E-state index in [9.17, 15) is 8.78 Å². The van der Waals surface area contributed by atoms with Gasteiger partial charge < -0.3 is 5.32 Å². The lowest BCUT2D eigenvalue weighted by atomic mass is 10.0. The lowest BCUT2D eigenvalue weighted by Gasteiger charge is -2.21. The number of rotatable bonds is 5. The predicted octanol–water partition coefficient (Wildman–Crippen LogP) is 4.30. The number of nitrogens with one attached hydrogen (secondary N) is 1. The predicted molar refractivity (Wildman–Crippen MR) is 82.5 cm³/mol. The maximum Gasteiger partial charge on any atom is 0.132 e. The fourth-order valence-electron chi connectivity index (χ4n) is 2.28. The third kappa shape index (κ3) is 3.27. The molecule has 2 rings (SSSR count). The van der Waals surface area contributed by atoms with E-state index in [0.717, 1.165) is 0 Å². The minimum atomic E-state index is -0.696. The van der Waals surface area contributed by atoms with E-state index in [1.54, 1.807) is 4.68 Å². The highest BCUT2D eigenvalue weighted by Gasteiger charge is 2.27. The van der Waals surface area contributed by atoms with Crippen molar-refractivity contribution in [2.75, 3.05) is 6.54 Å². The Kier molecular flexibility index (Phi) is 5.35. The molecule has 1 N–H and O–H groups in total. The maximum atomic E-state index is 14.3. The van der Waals surface area contributed by atoms with Gasteiger partial charge in [-0.1, -0.05) is 34.5 Å². The summed E-state index contributed by atoms with van der Waals surface area (Å²) >= 11 is 9.25. The molecule has 7 heteroatoms. The number of aromatic nitrogens is 2. The van der Waals surface area contributed by atoms with Crippen LogP contribution in [0.5, 0.6) is 0 Å². The van der Waals surface area contributed by atoms with Crippen LogP contribution in [0.25, 0.3) is 0 Å². The molecule has 0 bridgehead atoms. The number of hydrogen-bond donors (Lipinski definition) is 1. The van der Waals surface area contributed by atoms with Crippen LogP contribution in [0.15, 0.2) is 22.8 Å². The average molecular weight is 379 g/mol. The normalized spacial score (nSPS) is 12.7. The average Bonchev–Trinajstić information content (AvgIpc) is 2.77. The minimum absolute atomic E-state index is 0.0582. The van der Waals surface area contributed by atoms with Gasteiger partial charge in [0, 0.05) is 16.6 Å². The van der Waals surface area contributed by atoms with E-state index in [1.165, 1.54) is 18.3 Å². The molecule has 0 saturated carbocycles. The molecule has 21 heavy (non-hydrogen) atoms. The minimum Gasteiger partial charge on any atom is -0.305 e. The Balaban J connectivity index is 2.62. The summed E-state index contributed by atoms with van der Waals surface area (Å²) in [6.45, 7) is 4.85. The van der Waals surface area contributed by atoms with Crippen LogP contribution in [0, 0.1) is 11.6 Å². The highest BCUT2D eigenvalue weighted by Crippen LogP contribution is 2.32. The smallest absolute Gasteiger partial charge is 0.132 e. The first-order chi connectivity index (χ1) is 9.99. The summed E-state index contributed by atoms with van der Waals surface area (Å²) in [5, 5.41) is 7.59. The van der Waals surface area contributed by atoms with Crippen LogP contribution in [0.2, 0.25) is 5.02 Å². The van der Waals surface area contributed by atoms with Crippen molar-refractivity contribution in [3.05, 3.63) is 50.7 Å². The molecule has 1 aromatic heterocycles. The fraction of sp³-hybridized carbons (Fsp3) is 0.357. The molecule has 0 fully saturated rings. The van der Waals surface area contributed by atoms with Crippen LogP contribution in [-0.2, 0) is 6.54 Å². The van der Waals surface area contributed by atoms with E-state index in [1.807, 2.05) is 13.8 Å². The number of hydrogen-bond acceptors (Lipinski definition) is 2. The van der Waals surface area contributed by atoms with Crippen molar-refractivity contribution >= 4 is 27.5 Å². The van der Waals surface area contributed by atoms with Crippen LogP contribution in [0.4, 0.5) is 8.78 Å². The first kappa shape index (κ1) is 16.4. The second-order valence-corrected chi connectivity index (χ2v) is 5.79. The van der Waals surface area contributed by atoms with Gasteiger partial charge in [0.1, 0.15) is 11.6 Å². The summed E-state index contributed by atoms with van der Waals surface area (Å²) in [4.78, 5) is 0. The van der Waals surface area contributed by atoms with E-state index in [2.05, 4.69) is 26.3 Å². The Morgan fingerprint density at radius 2 is 1.95 bits per heavy atom. The van der Waals surface area contributed by atoms with E-state index in [0.29, 0.717) is 28.3 Å². The molecule has 114 valence electrons. The van der Waals surface area contributed by atoms with E-state index in [4.69, 9.17) is 11.6 Å². The van der Waals surface area contributed by atoms with Crippen LogP contribution >= 0.6 is 27.5 Å². The standard InChI is InChI=1S/C14H15BrClF2N3/c1-3-19-13(14-9(16)7-20-21(14)4-2)12-10(17)5-8(15)6-11(12)18/h5-7,13,19H,3-4H2,1-2H3. The topological polar surface area (TPSA) is 29.9 Å². The number of benzene rings is 1. The maximum absolute atomic E-state index is 14.3. The Bertz CT molecular complexity index is 622. The second-order valence-electron chi connectivity index (χ2n) is 4.47. The molecule has 1 heterocycles. The Hall–Kier alpha value is -0.980. The van der Waals surface area contributed by atoms with Gasteiger partial charge in [0.25, 0.3) is 0 Å². The molecule has 0 aliphatic heterocycles. The molecule has 1 unspecified atom stereocenters. The third-order valence-electron chi connectivity index (χ3n) is 3.15. The van der Waals surface area contributed by atoms with Crippen molar-refractivity contribution in [2.24, 2.45) is 0 Å². The Morgan fingerprint density at radius 1 is 1.33 bits per heavy atom. The quantitative estimate of drug-likeness (QED) is 0.841. The summed E-state index contributed by atoms with van der Waals surface area (Å²) in [6.07, 6.45) is 1.49. The molecule has 1 atom stereocenters. The van der Waals surface area contributed by atoms with Crippen LogP contribution < -0.4 is 5.32 Å². The molecule has 0 spiro atoms. The van der Waals surface area contributed by atoms with Gasteiger partial charge >= 0.3 is 0 Å². The molecule has 0 aliphatic carbocycles. The molecule has 1 aromatic carbocycles. The molecular formula is C14H15BrClF2N3. The molecule has 0 saturated heterocycles. The van der Waals surface area contributed by atoms with Crippen molar-refractivity contribution in [3.63, 3.8) is 0 Å². The summed E-state index contributed by atoms with van der Waals surface area (Å²) in [5.74, 6) is -1.26. The van der Waals surface area contributed by atoms with Gasteiger partial charge in [-0.05, 0) is 25.6 Å². The van der Waals surface area contributed by atoms with Crippen LogP contribution in [0.3, 0.4) is 0 Å². The Morgan fingerprint density at radius 3 is 2.48 bits per heavy atom. The molecule has 2 aromatic rings. The van der Waals surface area contributed by atoms with Crippen molar-refractivity contribution in [2.45, 2.75) is 26.4 Å². The lowest BCUT2D eigenvalue weighted by Crippen LogP contribution is -2.27. The van der Waals surface area contributed by atoms with Crippen LogP contribution in [-0.4, -0.2) is 16.3 Å². The zero-order valence-corrected chi connectivity index (χ0v) is 14.0. The number of aryl methyl sites for hydroxylation is 1. The number of nitrogens with zero attached hydrogens (tertiary/aromatic N) is 2. The van der Waals surface area contributed by atoms with E-state index in [-0.39, 0.29) is 5.56 Å². The van der Waals surface area contributed by atoms with Gasteiger partial charge in [-0.2, -0.15) is 5.10 Å². The molecule has 0 amide bonds. The van der Waals surface area contributed by atoms with Gasteiger partial charge in [-0.25, -0.2) is 8.78 Å². The third-order valence-corrected chi connectivity index (χ3v) is 3.90. The van der Waals surface area contributed by atoms with Gasteiger partial charge in [-0.15, -0.1) is 0 Å². The van der Waals surface area contributed by atoms with Crippen molar-refractivity contribution < 1.29 is 8.78 Å². The van der Waals surface area contributed by atoms with Crippen molar-refractivity contribution in [3.8, 4) is 0 Å². The SMILES string of the molecule is CCNC(c1c(F)cc(Br)cc1F)c1c(Cl)cnn1CC. The monoisotopic (exact) mass is 377 g/mol. The second kappa shape index (κ2) is 6.85.